The third-order valence-electron chi connectivity index (χ3n) is 2.94. The topological polar surface area (TPSA) is 26.0 Å². The van der Waals surface area contributed by atoms with E-state index < -0.39 is 23.6 Å². The van der Waals surface area contributed by atoms with E-state index in [0.717, 1.165) is 18.2 Å². The smallest absolute Gasteiger partial charge is 0.324 e. The molecule has 0 bridgehead atoms. The standard InChI is InChI=1S/C12H15F4N.ClH/c1-3-7(2)11(17)9-6-8(13)4-5-10(9)12(14,15)16;/h4-7,11H,3,17H2,1-2H3;1H/t7?,11-;/m0./s1. The Morgan fingerprint density at radius 1 is 1.28 bits per heavy atom. The van der Waals surface area contributed by atoms with Crippen LogP contribution in [0, 0.1) is 11.7 Å². The fourth-order valence-corrected chi connectivity index (χ4v) is 1.63. The van der Waals surface area contributed by atoms with Gasteiger partial charge in [-0.3, -0.25) is 0 Å². The molecule has 0 radical (unpaired) electrons. The highest BCUT2D eigenvalue weighted by molar-refractivity contribution is 5.85. The summed E-state index contributed by atoms with van der Waals surface area (Å²) in [4.78, 5) is 0. The molecule has 1 rings (SSSR count). The summed E-state index contributed by atoms with van der Waals surface area (Å²) in [7, 11) is 0. The Balaban J connectivity index is 0.00000289. The van der Waals surface area contributed by atoms with Gasteiger partial charge in [0.25, 0.3) is 0 Å². The van der Waals surface area contributed by atoms with Crippen molar-refractivity contribution in [2.24, 2.45) is 11.7 Å². The molecule has 18 heavy (non-hydrogen) atoms. The minimum atomic E-state index is -4.51. The second kappa shape index (κ2) is 6.38. The largest absolute Gasteiger partial charge is 0.416 e. The van der Waals surface area contributed by atoms with Gasteiger partial charge in [0, 0.05) is 6.04 Å². The summed E-state index contributed by atoms with van der Waals surface area (Å²) in [5, 5.41) is 0. The number of hydrogen-bond acceptors (Lipinski definition) is 1. The molecule has 2 atom stereocenters. The second-order valence-corrected chi connectivity index (χ2v) is 4.14. The highest BCUT2D eigenvalue weighted by Crippen LogP contribution is 2.36. The Labute approximate surface area is 110 Å². The van der Waals surface area contributed by atoms with Crippen molar-refractivity contribution in [3.8, 4) is 0 Å². The van der Waals surface area contributed by atoms with Crippen molar-refractivity contribution < 1.29 is 17.6 Å². The summed E-state index contributed by atoms with van der Waals surface area (Å²) in [6, 6.07) is 1.61. The van der Waals surface area contributed by atoms with Gasteiger partial charge < -0.3 is 5.73 Å². The quantitative estimate of drug-likeness (QED) is 0.823. The zero-order chi connectivity index (χ0) is 13.2. The van der Waals surface area contributed by atoms with Crippen LogP contribution in [0.5, 0.6) is 0 Å². The maximum Gasteiger partial charge on any atom is 0.416 e. The predicted molar refractivity (Wildman–Crippen MR) is 65.0 cm³/mol. The van der Waals surface area contributed by atoms with Gasteiger partial charge in [-0.25, -0.2) is 4.39 Å². The molecule has 1 aromatic carbocycles. The number of rotatable bonds is 3. The molecule has 1 unspecified atom stereocenters. The third-order valence-corrected chi connectivity index (χ3v) is 2.94. The molecule has 0 spiro atoms. The van der Waals surface area contributed by atoms with Crippen LogP contribution in [0.2, 0.25) is 0 Å². The van der Waals surface area contributed by atoms with Crippen molar-refractivity contribution in [2.45, 2.75) is 32.5 Å². The minimum Gasteiger partial charge on any atom is -0.324 e. The van der Waals surface area contributed by atoms with Crippen molar-refractivity contribution in [1.82, 2.24) is 0 Å². The monoisotopic (exact) mass is 285 g/mol. The molecule has 0 amide bonds. The Hall–Kier alpha value is -0.810. The first-order valence-electron chi connectivity index (χ1n) is 5.39. The summed E-state index contributed by atoms with van der Waals surface area (Å²) in [5.74, 6) is -0.843. The van der Waals surface area contributed by atoms with Crippen LogP contribution in [0.15, 0.2) is 18.2 Å². The predicted octanol–water partition coefficient (Wildman–Crippen LogP) is 4.31. The summed E-state index contributed by atoms with van der Waals surface area (Å²) in [6.45, 7) is 3.58. The lowest BCUT2D eigenvalue weighted by Gasteiger charge is -2.22. The van der Waals surface area contributed by atoms with Gasteiger partial charge in [0.05, 0.1) is 5.56 Å². The Kier molecular flexibility index (Phi) is 6.10. The molecule has 0 aliphatic heterocycles. The number of alkyl halides is 3. The van der Waals surface area contributed by atoms with Crippen LogP contribution in [-0.2, 0) is 6.18 Å². The van der Waals surface area contributed by atoms with Crippen LogP contribution >= 0.6 is 12.4 Å². The summed E-state index contributed by atoms with van der Waals surface area (Å²) in [5.41, 5.74) is 4.72. The Bertz CT molecular complexity index is 392. The summed E-state index contributed by atoms with van der Waals surface area (Å²) >= 11 is 0. The molecule has 6 heteroatoms. The maximum absolute atomic E-state index is 13.0. The SMILES string of the molecule is CCC(C)[C@H](N)c1cc(F)ccc1C(F)(F)F.Cl. The fraction of sp³-hybridized carbons (Fsp3) is 0.500. The van der Waals surface area contributed by atoms with E-state index in [1.165, 1.54) is 0 Å². The van der Waals surface area contributed by atoms with Crippen molar-refractivity contribution in [3.05, 3.63) is 35.1 Å². The van der Waals surface area contributed by atoms with Crippen LogP contribution in [0.3, 0.4) is 0 Å². The van der Waals surface area contributed by atoms with Crippen molar-refractivity contribution in [3.63, 3.8) is 0 Å². The zero-order valence-electron chi connectivity index (χ0n) is 10.1. The van der Waals surface area contributed by atoms with Gasteiger partial charge in [0.2, 0.25) is 0 Å². The van der Waals surface area contributed by atoms with Gasteiger partial charge in [0.1, 0.15) is 5.82 Å². The summed E-state index contributed by atoms with van der Waals surface area (Å²) < 4.78 is 51.2. The van der Waals surface area contributed by atoms with Gasteiger partial charge in [-0.05, 0) is 29.7 Å². The highest BCUT2D eigenvalue weighted by Gasteiger charge is 2.35. The molecule has 0 aliphatic rings. The second-order valence-electron chi connectivity index (χ2n) is 4.14. The lowest BCUT2D eigenvalue weighted by atomic mass is 9.90. The molecule has 2 N–H and O–H groups in total. The van der Waals surface area contributed by atoms with E-state index in [1.54, 1.807) is 6.92 Å². The molecule has 0 heterocycles. The van der Waals surface area contributed by atoms with Crippen LogP contribution in [0.4, 0.5) is 17.6 Å². The first kappa shape index (κ1) is 17.2. The first-order valence-corrected chi connectivity index (χ1v) is 5.39. The van der Waals surface area contributed by atoms with Gasteiger partial charge in [-0.1, -0.05) is 20.3 Å². The Morgan fingerprint density at radius 2 is 1.83 bits per heavy atom. The molecule has 104 valence electrons. The van der Waals surface area contributed by atoms with Gasteiger partial charge in [0.15, 0.2) is 0 Å². The van der Waals surface area contributed by atoms with E-state index in [0.29, 0.717) is 6.42 Å². The third kappa shape index (κ3) is 3.85. The van der Waals surface area contributed by atoms with Crippen LogP contribution in [-0.4, -0.2) is 0 Å². The molecule has 0 aliphatic carbocycles. The number of hydrogen-bond donors (Lipinski definition) is 1. The van der Waals surface area contributed by atoms with Crippen LogP contribution < -0.4 is 5.73 Å². The molecule has 0 saturated carbocycles. The van der Waals surface area contributed by atoms with Crippen LogP contribution in [0.1, 0.15) is 37.4 Å². The van der Waals surface area contributed by atoms with E-state index in [9.17, 15) is 17.6 Å². The summed E-state index contributed by atoms with van der Waals surface area (Å²) in [6.07, 6.45) is -3.87. The molecule has 0 aromatic heterocycles. The van der Waals surface area contributed by atoms with E-state index in [2.05, 4.69) is 0 Å². The maximum atomic E-state index is 13.0. The van der Waals surface area contributed by atoms with E-state index in [-0.39, 0.29) is 23.9 Å². The van der Waals surface area contributed by atoms with E-state index >= 15 is 0 Å². The molecule has 0 fully saturated rings. The zero-order valence-corrected chi connectivity index (χ0v) is 10.9. The van der Waals surface area contributed by atoms with Gasteiger partial charge >= 0.3 is 6.18 Å². The molecule has 0 saturated heterocycles. The van der Waals surface area contributed by atoms with E-state index in [1.807, 2.05) is 6.92 Å². The number of halogens is 5. The van der Waals surface area contributed by atoms with Crippen molar-refractivity contribution >= 4 is 12.4 Å². The first-order chi connectivity index (χ1) is 7.77. The van der Waals surface area contributed by atoms with Gasteiger partial charge in [-0.15, -0.1) is 12.4 Å². The van der Waals surface area contributed by atoms with Crippen molar-refractivity contribution in [1.29, 1.82) is 0 Å². The van der Waals surface area contributed by atoms with Crippen molar-refractivity contribution in [2.75, 3.05) is 0 Å². The highest BCUT2D eigenvalue weighted by atomic mass is 35.5. The average Bonchev–Trinajstić information content (AvgIpc) is 2.25. The van der Waals surface area contributed by atoms with Crippen LogP contribution in [0.25, 0.3) is 0 Å². The lowest BCUT2D eigenvalue weighted by molar-refractivity contribution is -0.138. The number of benzene rings is 1. The average molecular weight is 286 g/mol. The van der Waals surface area contributed by atoms with Gasteiger partial charge in [-0.2, -0.15) is 13.2 Å². The fourth-order valence-electron chi connectivity index (χ4n) is 1.63. The number of nitrogens with two attached hydrogens (primary N) is 1. The Morgan fingerprint density at radius 3 is 2.28 bits per heavy atom. The molecule has 1 nitrogen and oxygen atoms in total. The minimum absolute atomic E-state index is 0. The molecular weight excluding hydrogens is 270 g/mol. The normalized spacial score (nSPS) is 14.8. The van der Waals surface area contributed by atoms with E-state index in [4.69, 9.17) is 5.73 Å². The molecular formula is C12H16ClF4N. The lowest BCUT2D eigenvalue weighted by Crippen LogP contribution is -2.23. The molecule has 1 aromatic rings.